The Kier molecular flexibility index (Phi) is 3.51. The van der Waals surface area contributed by atoms with Gasteiger partial charge in [0.2, 0.25) is 5.91 Å². The molecule has 16 heavy (non-hydrogen) atoms. The molecule has 2 rings (SSSR count). The largest absolute Gasteiger partial charge is 0.349 e. The predicted molar refractivity (Wildman–Crippen MR) is 58.5 cm³/mol. The van der Waals surface area contributed by atoms with Crippen LogP contribution in [-0.4, -0.2) is 33.3 Å². The van der Waals surface area contributed by atoms with Crippen LogP contribution in [0.15, 0.2) is 6.33 Å². The molecule has 1 aromatic rings. The van der Waals surface area contributed by atoms with E-state index in [0.29, 0.717) is 24.8 Å². The van der Waals surface area contributed by atoms with Crippen molar-refractivity contribution in [1.82, 2.24) is 25.4 Å². The van der Waals surface area contributed by atoms with Crippen LogP contribution < -0.4 is 10.6 Å². The molecule has 1 aliphatic rings. The van der Waals surface area contributed by atoms with Gasteiger partial charge in [-0.05, 0) is 12.8 Å². The van der Waals surface area contributed by atoms with Gasteiger partial charge in [0.15, 0.2) is 5.82 Å². The topological polar surface area (TPSA) is 71.8 Å². The summed E-state index contributed by atoms with van der Waals surface area (Å²) in [6, 6.07) is 0.658. The zero-order valence-electron chi connectivity index (χ0n) is 9.44. The van der Waals surface area contributed by atoms with Gasteiger partial charge in [-0.25, -0.2) is 4.98 Å². The average molecular weight is 223 g/mol. The molecule has 0 radical (unpaired) electrons. The van der Waals surface area contributed by atoms with Gasteiger partial charge in [-0.1, -0.05) is 0 Å². The number of rotatable bonds is 6. The van der Waals surface area contributed by atoms with Crippen molar-refractivity contribution in [3.05, 3.63) is 12.2 Å². The first-order valence-electron chi connectivity index (χ1n) is 5.58. The quantitative estimate of drug-likeness (QED) is 0.686. The van der Waals surface area contributed by atoms with Crippen LogP contribution in [0.5, 0.6) is 0 Å². The van der Waals surface area contributed by atoms with Gasteiger partial charge in [0.1, 0.15) is 6.33 Å². The van der Waals surface area contributed by atoms with Gasteiger partial charge in [0.05, 0.1) is 6.54 Å². The van der Waals surface area contributed by atoms with Crippen LogP contribution in [0.4, 0.5) is 0 Å². The van der Waals surface area contributed by atoms with E-state index in [2.05, 4.69) is 20.7 Å². The number of hydrogen-bond donors (Lipinski definition) is 2. The Bertz CT molecular complexity index is 358. The number of amides is 1. The minimum atomic E-state index is 0.0422. The number of hydrogen-bond acceptors (Lipinski definition) is 4. The normalized spacial score (nSPS) is 15.1. The maximum atomic E-state index is 11.4. The summed E-state index contributed by atoms with van der Waals surface area (Å²) in [6.45, 7) is 1.16. The van der Waals surface area contributed by atoms with Gasteiger partial charge in [0.25, 0.3) is 0 Å². The predicted octanol–water partition coefficient (Wildman–Crippen LogP) is -0.427. The molecule has 2 N–H and O–H groups in total. The van der Waals surface area contributed by atoms with Crippen LogP contribution in [-0.2, 0) is 18.4 Å². The fraction of sp³-hybridized carbons (Fsp3) is 0.700. The third-order valence-electron chi connectivity index (χ3n) is 2.45. The van der Waals surface area contributed by atoms with Crippen LogP contribution >= 0.6 is 0 Å². The average Bonchev–Trinajstić information content (AvgIpc) is 2.98. The molecule has 0 spiro atoms. The first-order chi connectivity index (χ1) is 7.74. The molecule has 1 fully saturated rings. The fourth-order valence-corrected chi connectivity index (χ4v) is 1.41. The van der Waals surface area contributed by atoms with Crippen molar-refractivity contribution in [2.75, 3.05) is 6.54 Å². The van der Waals surface area contributed by atoms with Crippen molar-refractivity contribution in [3.8, 4) is 0 Å². The summed E-state index contributed by atoms with van der Waals surface area (Å²) in [5, 5.41) is 10.2. The SMILES string of the molecule is Cn1cnc(CNC(=O)CCNC2CC2)n1. The third-order valence-corrected chi connectivity index (χ3v) is 2.45. The van der Waals surface area contributed by atoms with Crippen molar-refractivity contribution >= 4 is 5.91 Å². The Labute approximate surface area is 94.4 Å². The van der Waals surface area contributed by atoms with E-state index in [0.717, 1.165) is 6.54 Å². The van der Waals surface area contributed by atoms with Crippen LogP contribution in [0.25, 0.3) is 0 Å². The smallest absolute Gasteiger partial charge is 0.221 e. The van der Waals surface area contributed by atoms with Crippen LogP contribution in [0.1, 0.15) is 25.1 Å². The van der Waals surface area contributed by atoms with Crippen LogP contribution in [0.2, 0.25) is 0 Å². The van der Waals surface area contributed by atoms with E-state index in [9.17, 15) is 4.79 Å². The molecular formula is C10H17N5O. The zero-order chi connectivity index (χ0) is 11.4. The minimum Gasteiger partial charge on any atom is -0.349 e. The second-order valence-corrected chi connectivity index (χ2v) is 4.09. The summed E-state index contributed by atoms with van der Waals surface area (Å²) in [7, 11) is 1.80. The fourth-order valence-electron chi connectivity index (χ4n) is 1.41. The summed E-state index contributed by atoms with van der Waals surface area (Å²) in [4.78, 5) is 15.4. The number of carbonyl (C=O) groups is 1. The van der Waals surface area contributed by atoms with E-state index >= 15 is 0 Å². The summed E-state index contributed by atoms with van der Waals surface area (Å²) in [5.41, 5.74) is 0. The van der Waals surface area contributed by atoms with E-state index in [4.69, 9.17) is 0 Å². The van der Waals surface area contributed by atoms with Crippen molar-refractivity contribution in [1.29, 1.82) is 0 Å². The molecule has 6 heteroatoms. The lowest BCUT2D eigenvalue weighted by Crippen LogP contribution is -2.28. The van der Waals surface area contributed by atoms with Gasteiger partial charge in [-0.3, -0.25) is 9.48 Å². The number of aromatic nitrogens is 3. The van der Waals surface area contributed by atoms with E-state index in [1.165, 1.54) is 12.8 Å². The lowest BCUT2D eigenvalue weighted by Gasteiger charge is -2.03. The highest BCUT2D eigenvalue weighted by Crippen LogP contribution is 2.18. The Hall–Kier alpha value is -1.43. The van der Waals surface area contributed by atoms with Crippen molar-refractivity contribution < 1.29 is 4.79 Å². The first kappa shape index (κ1) is 11.1. The van der Waals surface area contributed by atoms with Crippen molar-refractivity contribution in [2.45, 2.75) is 31.8 Å². The van der Waals surface area contributed by atoms with Crippen molar-refractivity contribution in [2.24, 2.45) is 7.05 Å². The standard InChI is InChI=1S/C10H17N5O/c1-15-7-13-9(14-15)6-12-10(16)4-5-11-8-2-3-8/h7-8,11H,2-6H2,1H3,(H,12,16). The molecule has 88 valence electrons. The Morgan fingerprint density at radius 1 is 1.62 bits per heavy atom. The van der Waals surface area contributed by atoms with Gasteiger partial charge >= 0.3 is 0 Å². The molecule has 0 bridgehead atoms. The van der Waals surface area contributed by atoms with Crippen LogP contribution in [0, 0.1) is 0 Å². The molecular weight excluding hydrogens is 206 g/mol. The molecule has 1 aromatic heterocycles. The lowest BCUT2D eigenvalue weighted by atomic mass is 10.4. The molecule has 0 unspecified atom stereocenters. The molecule has 1 aliphatic carbocycles. The van der Waals surface area contributed by atoms with Gasteiger partial charge in [-0.15, -0.1) is 0 Å². The summed E-state index contributed by atoms with van der Waals surface area (Å²) in [5.74, 6) is 0.687. The highest BCUT2D eigenvalue weighted by atomic mass is 16.1. The molecule has 0 atom stereocenters. The molecule has 0 saturated heterocycles. The number of aryl methyl sites for hydroxylation is 1. The third kappa shape index (κ3) is 3.62. The Balaban J connectivity index is 1.59. The Morgan fingerprint density at radius 3 is 3.06 bits per heavy atom. The highest BCUT2D eigenvalue weighted by molar-refractivity contribution is 5.75. The molecule has 1 amide bonds. The van der Waals surface area contributed by atoms with Gasteiger partial charge < -0.3 is 10.6 Å². The maximum Gasteiger partial charge on any atom is 0.221 e. The summed E-state index contributed by atoms with van der Waals surface area (Å²) < 4.78 is 1.62. The molecule has 0 aromatic carbocycles. The second kappa shape index (κ2) is 5.07. The lowest BCUT2D eigenvalue weighted by molar-refractivity contribution is -0.121. The maximum absolute atomic E-state index is 11.4. The summed E-state index contributed by atoms with van der Waals surface area (Å²) in [6.07, 6.45) is 4.64. The van der Waals surface area contributed by atoms with E-state index in [1.807, 2.05) is 0 Å². The minimum absolute atomic E-state index is 0.0422. The molecule has 6 nitrogen and oxygen atoms in total. The monoisotopic (exact) mass is 223 g/mol. The molecule has 1 heterocycles. The highest BCUT2D eigenvalue weighted by Gasteiger charge is 2.19. The number of carbonyl (C=O) groups excluding carboxylic acids is 1. The Morgan fingerprint density at radius 2 is 2.44 bits per heavy atom. The van der Waals surface area contributed by atoms with E-state index < -0.39 is 0 Å². The molecule has 1 saturated carbocycles. The van der Waals surface area contributed by atoms with Crippen LogP contribution in [0.3, 0.4) is 0 Å². The second-order valence-electron chi connectivity index (χ2n) is 4.09. The first-order valence-corrected chi connectivity index (χ1v) is 5.58. The van der Waals surface area contributed by atoms with Crippen molar-refractivity contribution in [3.63, 3.8) is 0 Å². The van der Waals surface area contributed by atoms with E-state index in [1.54, 1.807) is 18.1 Å². The number of nitrogens with one attached hydrogen (secondary N) is 2. The van der Waals surface area contributed by atoms with Gasteiger partial charge in [-0.2, -0.15) is 5.10 Å². The zero-order valence-corrected chi connectivity index (χ0v) is 9.44. The van der Waals surface area contributed by atoms with Gasteiger partial charge in [0, 0.05) is 26.1 Å². The number of nitrogens with zero attached hydrogens (tertiary/aromatic N) is 3. The molecule has 0 aliphatic heterocycles. The van der Waals surface area contributed by atoms with E-state index in [-0.39, 0.29) is 5.91 Å². The summed E-state index contributed by atoms with van der Waals surface area (Å²) >= 11 is 0.